The fourth-order valence-electron chi connectivity index (χ4n) is 4.07. The van der Waals surface area contributed by atoms with Crippen molar-refractivity contribution in [3.63, 3.8) is 0 Å². The maximum Gasteiger partial charge on any atom is 0.322 e. The van der Waals surface area contributed by atoms with Crippen molar-refractivity contribution in [1.82, 2.24) is 14.7 Å². The van der Waals surface area contributed by atoms with Gasteiger partial charge in [0, 0.05) is 43.3 Å². The predicted molar refractivity (Wildman–Crippen MR) is 144 cm³/mol. The lowest BCUT2D eigenvalue weighted by atomic mass is 10.2. The Bertz CT molecular complexity index is 1220. The van der Waals surface area contributed by atoms with Gasteiger partial charge in [-0.15, -0.1) is 11.3 Å². The quantitative estimate of drug-likeness (QED) is 0.421. The predicted octanol–water partition coefficient (Wildman–Crippen LogP) is 4.15. The van der Waals surface area contributed by atoms with Crippen molar-refractivity contribution >= 4 is 29.0 Å². The summed E-state index contributed by atoms with van der Waals surface area (Å²) in [7, 11) is 0. The number of amides is 3. The number of urea groups is 1. The summed E-state index contributed by atoms with van der Waals surface area (Å²) in [6.45, 7) is 4.37. The molecule has 1 saturated heterocycles. The summed E-state index contributed by atoms with van der Waals surface area (Å²) >= 11 is 1.55. The maximum atomic E-state index is 13.6. The number of carbonyl (C=O) groups excluding carboxylic acids is 2. The number of morpholine rings is 1. The minimum atomic E-state index is -0.394. The molecule has 0 spiro atoms. The van der Waals surface area contributed by atoms with Gasteiger partial charge in [0.25, 0.3) is 0 Å². The van der Waals surface area contributed by atoms with Crippen molar-refractivity contribution in [2.75, 3.05) is 51.3 Å². The zero-order chi connectivity index (χ0) is 26.7. The number of nitrogens with one attached hydrogen (secondary N) is 1. The number of halogens is 1. The zero-order valence-electron chi connectivity index (χ0n) is 21.0. The molecule has 0 radical (unpaired) electrons. The van der Waals surface area contributed by atoms with Gasteiger partial charge in [0.2, 0.25) is 5.91 Å². The highest BCUT2D eigenvalue weighted by Gasteiger charge is 2.23. The Morgan fingerprint density at radius 2 is 1.76 bits per heavy atom. The normalized spacial score (nSPS) is 13.5. The molecule has 2 heterocycles. The van der Waals surface area contributed by atoms with Crippen molar-refractivity contribution in [1.29, 1.82) is 5.26 Å². The summed E-state index contributed by atoms with van der Waals surface area (Å²) < 4.78 is 18.9. The van der Waals surface area contributed by atoms with Crippen LogP contribution in [0.5, 0.6) is 0 Å². The molecule has 4 rings (SSSR count). The number of hydrogen-bond acceptors (Lipinski definition) is 6. The molecule has 3 amide bonds. The Morgan fingerprint density at radius 3 is 2.42 bits per heavy atom. The van der Waals surface area contributed by atoms with Gasteiger partial charge in [-0.3, -0.25) is 9.69 Å². The van der Waals surface area contributed by atoms with Gasteiger partial charge in [0.15, 0.2) is 0 Å². The van der Waals surface area contributed by atoms with Gasteiger partial charge in [-0.05, 0) is 53.4 Å². The fourth-order valence-corrected chi connectivity index (χ4v) is 4.79. The van der Waals surface area contributed by atoms with Gasteiger partial charge in [0.05, 0.1) is 31.4 Å². The number of ether oxygens (including phenoxy) is 1. The van der Waals surface area contributed by atoms with Crippen molar-refractivity contribution < 1.29 is 18.7 Å². The summed E-state index contributed by atoms with van der Waals surface area (Å²) in [6.07, 6.45) is 0. The van der Waals surface area contributed by atoms with Crippen LogP contribution in [-0.4, -0.2) is 72.6 Å². The minimum absolute atomic E-state index is 0.112. The second kappa shape index (κ2) is 13.7. The molecule has 0 aliphatic carbocycles. The number of thiophene rings is 1. The molecule has 1 aliphatic rings. The summed E-state index contributed by atoms with van der Waals surface area (Å²) in [4.78, 5) is 33.3. The van der Waals surface area contributed by atoms with E-state index in [2.05, 4.69) is 16.3 Å². The van der Waals surface area contributed by atoms with E-state index in [0.717, 1.165) is 23.5 Å². The molecule has 10 heteroatoms. The molecular weight excluding hydrogens is 505 g/mol. The molecule has 1 aromatic heterocycles. The zero-order valence-corrected chi connectivity index (χ0v) is 21.8. The lowest BCUT2D eigenvalue weighted by molar-refractivity contribution is -0.133. The molecule has 8 nitrogen and oxygen atoms in total. The van der Waals surface area contributed by atoms with Crippen molar-refractivity contribution in [2.24, 2.45) is 0 Å². The van der Waals surface area contributed by atoms with Gasteiger partial charge in [0.1, 0.15) is 12.4 Å². The third-order valence-electron chi connectivity index (χ3n) is 6.23. The Kier molecular flexibility index (Phi) is 9.81. The van der Waals surface area contributed by atoms with E-state index >= 15 is 0 Å². The van der Waals surface area contributed by atoms with Crippen LogP contribution in [0.15, 0.2) is 66.0 Å². The van der Waals surface area contributed by atoms with Gasteiger partial charge in [-0.2, -0.15) is 5.26 Å². The highest BCUT2D eigenvalue weighted by Crippen LogP contribution is 2.16. The summed E-state index contributed by atoms with van der Waals surface area (Å²) in [5.74, 6) is -0.543. The van der Waals surface area contributed by atoms with E-state index in [4.69, 9.17) is 10.00 Å². The van der Waals surface area contributed by atoms with E-state index < -0.39 is 6.03 Å². The molecule has 0 saturated carbocycles. The first kappa shape index (κ1) is 27.3. The average Bonchev–Trinajstić information content (AvgIpc) is 3.46. The number of carbonyl (C=O) groups is 2. The summed E-state index contributed by atoms with van der Waals surface area (Å²) in [6, 6.07) is 18.2. The number of hydrogen-bond donors (Lipinski definition) is 1. The number of nitrogens with zero attached hydrogens (tertiary/aromatic N) is 4. The van der Waals surface area contributed by atoms with Gasteiger partial charge >= 0.3 is 6.03 Å². The molecule has 38 heavy (non-hydrogen) atoms. The first-order valence-electron chi connectivity index (χ1n) is 12.4. The van der Waals surface area contributed by atoms with Crippen molar-refractivity contribution in [3.8, 4) is 6.07 Å². The SMILES string of the molecule is N#Cc1ccc(NC(=O)N(CCN2CCOCC2)CC(=O)N(Cc2ccc(F)cc2)Cc2cccs2)cc1. The van der Waals surface area contributed by atoms with Crippen LogP contribution in [0.3, 0.4) is 0 Å². The van der Waals surface area contributed by atoms with Crippen LogP contribution in [0.4, 0.5) is 14.9 Å². The molecule has 1 fully saturated rings. The topological polar surface area (TPSA) is 88.9 Å². The highest BCUT2D eigenvalue weighted by atomic mass is 32.1. The second-order valence-corrected chi connectivity index (χ2v) is 9.98. The van der Waals surface area contributed by atoms with Crippen molar-refractivity contribution in [3.05, 3.63) is 87.9 Å². The number of benzene rings is 2. The van der Waals surface area contributed by atoms with E-state index in [9.17, 15) is 14.0 Å². The third kappa shape index (κ3) is 8.11. The Labute approximate surface area is 225 Å². The standard InChI is InChI=1S/C28H30FN5O3S/c29-24-7-3-23(4-8-24)19-34(20-26-2-1-17-38-26)27(35)21-33(12-11-32-13-15-37-16-14-32)28(36)31-25-9-5-22(18-30)6-10-25/h1-10,17H,11-16,19-21H2,(H,31,36). The van der Waals surface area contributed by atoms with Gasteiger partial charge in [-0.25, -0.2) is 9.18 Å². The Hall–Kier alpha value is -3.78. The summed E-state index contributed by atoms with van der Waals surface area (Å²) in [5.41, 5.74) is 1.84. The molecule has 2 aromatic carbocycles. The second-order valence-electron chi connectivity index (χ2n) is 8.95. The summed E-state index contributed by atoms with van der Waals surface area (Å²) in [5, 5.41) is 13.8. The van der Waals surface area contributed by atoms with E-state index in [1.807, 2.05) is 17.5 Å². The number of anilines is 1. The van der Waals surface area contributed by atoms with Gasteiger partial charge in [-0.1, -0.05) is 18.2 Å². The van der Waals surface area contributed by atoms with Crippen LogP contribution in [0.25, 0.3) is 0 Å². The smallest absolute Gasteiger partial charge is 0.322 e. The van der Waals surface area contributed by atoms with Crippen LogP contribution < -0.4 is 5.32 Å². The fraction of sp³-hybridized carbons (Fsp3) is 0.321. The number of rotatable bonds is 10. The molecule has 1 aliphatic heterocycles. The van der Waals surface area contributed by atoms with E-state index in [-0.39, 0.29) is 18.3 Å². The van der Waals surface area contributed by atoms with E-state index in [1.165, 1.54) is 17.0 Å². The highest BCUT2D eigenvalue weighted by molar-refractivity contribution is 7.09. The molecule has 0 atom stereocenters. The average molecular weight is 536 g/mol. The maximum absolute atomic E-state index is 13.6. The molecule has 3 aromatic rings. The molecular formula is C28H30FN5O3S. The minimum Gasteiger partial charge on any atom is -0.379 e. The number of nitriles is 1. The van der Waals surface area contributed by atoms with Crippen LogP contribution in [0, 0.1) is 17.1 Å². The third-order valence-corrected chi connectivity index (χ3v) is 7.10. The van der Waals surface area contributed by atoms with Crippen LogP contribution in [-0.2, 0) is 22.6 Å². The monoisotopic (exact) mass is 535 g/mol. The van der Waals surface area contributed by atoms with Crippen LogP contribution in [0.1, 0.15) is 16.0 Å². The Balaban J connectivity index is 1.48. The van der Waals surface area contributed by atoms with Crippen LogP contribution in [0.2, 0.25) is 0 Å². The first-order valence-corrected chi connectivity index (χ1v) is 13.3. The lowest BCUT2D eigenvalue weighted by Gasteiger charge is -2.31. The first-order chi connectivity index (χ1) is 18.5. The molecule has 198 valence electrons. The Morgan fingerprint density at radius 1 is 1.03 bits per heavy atom. The lowest BCUT2D eigenvalue weighted by Crippen LogP contribution is -2.48. The molecule has 0 bridgehead atoms. The van der Waals surface area contributed by atoms with Crippen molar-refractivity contribution in [2.45, 2.75) is 13.1 Å². The van der Waals surface area contributed by atoms with E-state index in [1.54, 1.807) is 52.6 Å². The van der Waals surface area contributed by atoms with Gasteiger partial charge < -0.3 is 19.9 Å². The molecule has 0 unspecified atom stereocenters. The molecule has 1 N–H and O–H groups in total. The van der Waals surface area contributed by atoms with E-state index in [0.29, 0.717) is 50.6 Å². The van der Waals surface area contributed by atoms with Crippen LogP contribution >= 0.6 is 11.3 Å². The largest absolute Gasteiger partial charge is 0.379 e.